The average Bonchev–Trinajstić information content (AvgIpc) is 2.94. The third-order valence-corrected chi connectivity index (χ3v) is 8.07. The normalized spacial score (nSPS) is 24.6. The number of para-hydroxylation sites is 1. The third kappa shape index (κ3) is 3.44. The second-order valence-corrected chi connectivity index (χ2v) is 9.79. The van der Waals surface area contributed by atoms with E-state index in [2.05, 4.69) is 5.32 Å². The minimum atomic E-state index is -3.38. The molecule has 0 saturated carbocycles. The number of urea groups is 1. The van der Waals surface area contributed by atoms with Gasteiger partial charge >= 0.3 is 6.03 Å². The number of anilines is 1. The van der Waals surface area contributed by atoms with Crippen LogP contribution in [0.15, 0.2) is 59.5 Å². The number of benzene rings is 2. The van der Waals surface area contributed by atoms with Crippen LogP contribution in [0.5, 0.6) is 0 Å². The number of carbonyl (C=O) groups is 1. The Balaban J connectivity index is 1.51. The Bertz CT molecular complexity index is 935. The van der Waals surface area contributed by atoms with E-state index in [4.69, 9.17) is 11.6 Å². The average molecular weight is 405 g/mol. The maximum atomic E-state index is 13.0. The molecule has 0 spiro atoms. The summed E-state index contributed by atoms with van der Waals surface area (Å²) in [7, 11) is -3.38. The summed E-state index contributed by atoms with van der Waals surface area (Å²) < 4.78 is 26.0. The van der Waals surface area contributed by atoms with Crippen molar-refractivity contribution in [2.45, 2.75) is 47.9 Å². The molecule has 2 bridgehead atoms. The van der Waals surface area contributed by atoms with E-state index in [9.17, 15) is 13.2 Å². The number of rotatable bonds is 3. The van der Waals surface area contributed by atoms with Gasteiger partial charge in [0.15, 0.2) is 9.84 Å². The van der Waals surface area contributed by atoms with Crippen LogP contribution in [0.4, 0.5) is 10.5 Å². The number of sulfone groups is 1. The highest BCUT2D eigenvalue weighted by molar-refractivity contribution is 7.92. The molecule has 2 aromatic carbocycles. The van der Waals surface area contributed by atoms with Gasteiger partial charge in [-0.1, -0.05) is 41.9 Å². The number of piperidine rings is 1. The van der Waals surface area contributed by atoms with Crippen LogP contribution in [-0.2, 0) is 9.84 Å². The van der Waals surface area contributed by atoms with Crippen LogP contribution in [0.1, 0.15) is 25.7 Å². The first-order chi connectivity index (χ1) is 13.0. The zero-order chi connectivity index (χ0) is 19.0. The fourth-order valence-corrected chi connectivity index (χ4v) is 6.31. The highest BCUT2D eigenvalue weighted by atomic mass is 35.5. The predicted molar refractivity (Wildman–Crippen MR) is 106 cm³/mol. The van der Waals surface area contributed by atoms with Crippen molar-refractivity contribution in [3.8, 4) is 0 Å². The van der Waals surface area contributed by atoms with Crippen molar-refractivity contribution in [3.63, 3.8) is 0 Å². The quantitative estimate of drug-likeness (QED) is 0.827. The maximum absolute atomic E-state index is 13.0. The molecule has 2 fully saturated rings. The lowest BCUT2D eigenvalue weighted by atomic mass is 10.0. The number of nitrogens with one attached hydrogen (secondary N) is 1. The summed E-state index contributed by atoms with van der Waals surface area (Å²) >= 11 is 6.13. The van der Waals surface area contributed by atoms with E-state index in [-0.39, 0.29) is 18.1 Å². The summed E-state index contributed by atoms with van der Waals surface area (Å²) in [6, 6.07) is 15.4. The molecular weight excluding hydrogens is 384 g/mol. The van der Waals surface area contributed by atoms with Gasteiger partial charge in [0.1, 0.15) is 0 Å². The predicted octanol–water partition coefficient (Wildman–Crippen LogP) is 4.34. The fraction of sp³-hybridized carbons (Fsp3) is 0.350. The lowest BCUT2D eigenvalue weighted by molar-refractivity contribution is 0.160. The van der Waals surface area contributed by atoms with Gasteiger partial charge in [0.25, 0.3) is 0 Å². The van der Waals surface area contributed by atoms with Crippen LogP contribution in [0.3, 0.4) is 0 Å². The third-order valence-electron chi connectivity index (χ3n) is 5.55. The lowest BCUT2D eigenvalue weighted by Crippen LogP contribution is -2.51. The van der Waals surface area contributed by atoms with Gasteiger partial charge in [-0.25, -0.2) is 13.2 Å². The molecule has 5 nitrogen and oxygen atoms in total. The van der Waals surface area contributed by atoms with E-state index >= 15 is 0 Å². The van der Waals surface area contributed by atoms with Crippen LogP contribution in [0, 0.1) is 0 Å². The number of hydrogen-bond acceptors (Lipinski definition) is 3. The summed E-state index contributed by atoms with van der Waals surface area (Å²) in [6.45, 7) is 0. The van der Waals surface area contributed by atoms with Crippen molar-refractivity contribution in [2.24, 2.45) is 0 Å². The molecule has 2 unspecified atom stereocenters. The summed E-state index contributed by atoms with van der Waals surface area (Å²) in [5, 5.41) is 2.91. The van der Waals surface area contributed by atoms with Gasteiger partial charge in [-0.2, -0.15) is 0 Å². The number of amides is 2. The Morgan fingerprint density at radius 2 is 1.56 bits per heavy atom. The first-order valence-corrected chi connectivity index (χ1v) is 11.0. The van der Waals surface area contributed by atoms with Gasteiger partial charge in [-0.3, -0.25) is 0 Å². The lowest BCUT2D eigenvalue weighted by Gasteiger charge is -2.38. The highest BCUT2D eigenvalue weighted by Gasteiger charge is 2.47. The van der Waals surface area contributed by atoms with E-state index in [1.807, 2.05) is 23.1 Å². The molecule has 7 heteroatoms. The highest BCUT2D eigenvalue weighted by Crippen LogP contribution is 2.40. The van der Waals surface area contributed by atoms with E-state index in [1.165, 1.54) is 0 Å². The SMILES string of the molecule is O=C(Nc1ccccc1Cl)N1C2CCC1CC(S(=O)(=O)c1ccccc1)C2. The molecule has 2 aliphatic rings. The van der Waals surface area contributed by atoms with Crippen LogP contribution in [0.25, 0.3) is 0 Å². The molecule has 2 saturated heterocycles. The number of nitrogens with zero attached hydrogens (tertiary/aromatic N) is 1. The van der Waals surface area contributed by atoms with Crippen LogP contribution in [-0.4, -0.2) is 36.7 Å². The van der Waals surface area contributed by atoms with Crippen LogP contribution < -0.4 is 5.32 Å². The Morgan fingerprint density at radius 1 is 0.963 bits per heavy atom. The minimum Gasteiger partial charge on any atom is -0.318 e. The molecule has 0 aliphatic carbocycles. The molecule has 2 atom stereocenters. The standard InChI is InChI=1S/C20H21ClN2O3S/c21-18-8-4-5-9-19(18)22-20(24)23-14-10-11-15(23)13-17(12-14)27(25,26)16-6-2-1-3-7-16/h1-9,14-15,17H,10-13H2,(H,22,24). The Morgan fingerprint density at radius 3 is 2.19 bits per heavy atom. The number of hydrogen-bond donors (Lipinski definition) is 1. The molecule has 27 heavy (non-hydrogen) atoms. The van der Waals surface area contributed by atoms with Gasteiger partial charge in [0.05, 0.1) is 20.9 Å². The van der Waals surface area contributed by atoms with Crippen molar-refractivity contribution in [1.29, 1.82) is 0 Å². The number of halogens is 1. The van der Waals surface area contributed by atoms with Gasteiger partial charge in [0.2, 0.25) is 0 Å². The second kappa shape index (κ2) is 7.17. The summed E-state index contributed by atoms with van der Waals surface area (Å²) in [6.07, 6.45) is 2.62. The van der Waals surface area contributed by atoms with E-state index in [1.54, 1.807) is 36.4 Å². The van der Waals surface area contributed by atoms with Gasteiger partial charge in [-0.05, 0) is 49.9 Å². The monoisotopic (exact) mass is 404 g/mol. The number of carbonyl (C=O) groups excluding carboxylic acids is 1. The van der Waals surface area contributed by atoms with Crippen molar-refractivity contribution < 1.29 is 13.2 Å². The van der Waals surface area contributed by atoms with Gasteiger partial charge in [-0.15, -0.1) is 0 Å². The van der Waals surface area contributed by atoms with E-state index < -0.39 is 15.1 Å². The molecule has 1 N–H and O–H groups in total. The first-order valence-electron chi connectivity index (χ1n) is 9.09. The van der Waals surface area contributed by atoms with E-state index in [0.29, 0.717) is 28.4 Å². The fourth-order valence-electron chi connectivity index (χ4n) is 4.26. The van der Waals surface area contributed by atoms with Crippen molar-refractivity contribution in [3.05, 3.63) is 59.6 Å². The smallest absolute Gasteiger partial charge is 0.318 e. The van der Waals surface area contributed by atoms with Crippen molar-refractivity contribution in [1.82, 2.24) is 4.90 Å². The molecular formula is C20H21ClN2O3S. The molecule has 2 aliphatic heterocycles. The maximum Gasteiger partial charge on any atom is 0.322 e. The molecule has 0 radical (unpaired) electrons. The van der Waals surface area contributed by atoms with Crippen LogP contribution >= 0.6 is 11.6 Å². The van der Waals surface area contributed by atoms with Crippen molar-refractivity contribution >= 4 is 33.2 Å². The van der Waals surface area contributed by atoms with Crippen molar-refractivity contribution in [2.75, 3.05) is 5.32 Å². The Hall–Kier alpha value is -2.05. The largest absolute Gasteiger partial charge is 0.322 e. The molecule has 2 aromatic rings. The molecule has 2 amide bonds. The van der Waals surface area contributed by atoms with Crippen LogP contribution in [0.2, 0.25) is 5.02 Å². The topological polar surface area (TPSA) is 66.5 Å². The summed E-state index contributed by atoms with van der Waals surface area (Å²) in [5.41, 5.74) is 0.572. The van der Waals surface area contributed by atoms with Gasteiger partial charge < -0.3 is 10.2 Å². The number of fused-ring (bicyclic) bond motifs is 2. The Labute approximate surface area is 164 Å². The molecule has 2 heterocycles. The molecule has 0 aromatic heterocycles. The summed E-state index contributed by atoms with van der Waals surface area (Å²) in [5.74, 6) is 0. The van der Waals surface area contributed by atoms with E-state index in [0.717, 1.165) is 12.8 Å². The van der Waals surface area contributed by atoms with Gasteiger partial charge in [0, 0.05) is 12.1 Å². The molecule has 4 rings (SSSR count). The zero-order valence-electron chi connectivity index (χ0n) is 14.7. The first kappa shape index (κ1) is 18.3. The zero-order valence-corrected chi connectivity index (χ0v) is 16.3. The Kier molecular flexibility index (Phi) is 4.86. The summed E-state index contributed by atoms with van der Waals surface area (Å²) in [4.78, 5) is 15.0. The second-order valence-electron chi connectivity index (χ2n) is 7.15. The minimum absolute atomic E-state index is 0.0604. The molecule has 142 valence electrons.